The predicted octanol–water partition coefficient (Wildman–Crippen LogP) is 5.66. The van der Waals surface area contributed by atoms with Gasteiger partial charge in [0, 0.05) is 20.2 Å². The van der Waals surface area contributed by atoms with Crippen molar-refractivity contribution < 1.29 is 0 Å². The van der Waals surface area contributed by atoms with Crippen molar-refractivity contribution in [2.24, 2.45) is 0 Å². The van der Waals surface area contributed by atoms with Gasteiger partial charge in [0.2, 0.25) is 0 Å². The summed E-state index contributed by atoms with van der Waals surface area (Å²) in [7, 11) is 0. The molecule has 0 atom stereocenters. The summed E-state index contributed by atoms with van der Waals surface area (Å²) in [4.78, 5) is 12.8. The highest BCUT2D eigenvalue weighted by Crippen LogP contribution is 2.32. The zero-order valence-electron chi connectivity index (χ0n) is 12.9. The van der Waals surface area contributed by atoms with Crippen molar-refractivity contribution in [2.75, 3.05) is 0 Å². The Morgan fingerprint density at radius 2 is 1.67 bits per heavy atom. The van der Waals surface area contributed by atoms with Gasteiger partial charge in [-0.25, -0.2) is 0 Å². The first-order valence-corrected chi connectivity index (χ1v) is 8.30. The Morgan fingerprint density at radius 1 is 0.905 bits per heavy atom. The SMILES string of the molecule is CC(C)c1ccc2c(=O)c3cccc(C(C)C)c3sc2c1. The van der Waals surface area contributed by atoms with Crippen molar-refractivity contribution in [3.05, 3.63) is 57.7 Å². The van der Waals surface area contributed by atoms with E-state index >= 15 is 0 Å². The van der Waals surface area contributed by atoms with Crippen molar-refractivity contribution in [1.82, 2.24) is 0 Å². The summed E-state index contributed by atoms with van der Waals surface area (Å²) in [6, 6.07) is 12.4. The summed E-state index contributed by atoms with van der Waals surface area (Å²) in [6.45, 7) is 8.73. The van der Waals surface area contributed by atoms with Crippen LogP contribution in [0.15, 0.2) is 41.2 Å². The molecule has 2 aromatic carbocycles. The second kappa shape index (κ2) is 5.27. The Bertz CT molecular complexity index is 872. The van der Waals surface area contributed by atoms with E-state index in [9.17, 15) is 4.79 Å². The highest BCUT2D eigenvalue weighted by atomic mass is 32.1. The molecule has 0 spiro atoms. The monoisotopic (exact) mass is 296 g/mol. The lowest BCUT2D eigenvalue weighted by Gasteiger charge is -2.11. The molecule has 21 heavy (non-hydrogen) atoms. The van der Waals surface area contributed by atoms with Crippen LogP contribution in [0.4, 0.5) is 0 Å². The normalized spacial score (nSPS) is 11.9. The first-order chi connectivity index (χ1) is 9.99. The van der Waals surface area contributed by atoms with Gasteiger partial charge in [0.05, 0.1) is 0 Å². The smallest absolute Gasteiger partial charge is 0.195 e. The van der Waals surface area contributed by atoms with Crippen LogP contribution < -0.4 is 5.43 Å². The Morgan fingerprint density at radius 3 is 2.33 bits per heavy atom. The molecule has 1 aromatic heterocycles. The van der Waals surface area contributed by atoms with Crippen molar-refractivity contribution in [2.45, 2.75) is 39.5 Å². The lowest BCUT2D eigenvalue weighted by molar-refractivity contribution is 0.869. The van der Waals surface area contributed by atoms with Gasteiger partial charge < -0.3 is 0 Å². The molecule has 0 radical (unpaired) electrons. The minimum atomic E-state index is 0.163. The van der Waals surface area contributed by atoms with Gasteiger partial charge in [-0.1, -0.05) is 45.9 Å². The largest absolute Gasteiger partial charge is 0.289 e. The minimum Gasteiger partial charge on any atom is -0.289 e. The van der Waals surface area contributed by atoms with Crippen LogP contribution in [-0.2, 0) is 0 Å². The van der Waals surface area contributed by atoms with E-state index < -0.39 is 0 Å². The molecule has 0 N–H and O–H groups in total. The summed E-state index contributed by atoms with van der Waals surface area (Å²) in [5.74, 6) is 0.905. The van der Waals surface area contributed by atoms with Crippen LogP contribution in [0, 0.1) is 0 Å². The van der Waals surface area contributed by atoms with Crippen LogP contribution in [0.1, 0.15) is 50.7 Å². The molecule has 0 fully saturated rings. The van der Waals surface area contributed by atoms with E-state index in [0.29, 0.717) is 11.8 Å². The quantitative estimate of drug-likeness (QED) is 0.557. The maximum absolute atomic E-state index is 12.8. The highest BCUT2D eigenvalue weighted by molar-refractivity contribution is 7.24. The number of hydrogen-bond acceptors (Lipinski definition) is 2. The van der Waals surface area contributed by atoms with Crippen molar-refractivity contribution >= 4 is 31.5 Å². The number of fused-ring (bicyclic) bond motifs is 2. The van der Waals surface area contributed by atoms with Gasteiger partial charge in [0.25, 0.3) is 0 Å². The third-order valence-corrected chi connectivity index (χ3v) is 5.26. The van der Waals surface area contributed by atoms with Gasteiger partial charge in [-0.15, -0.1) is 11.3 Å². The molecule has 0 aliphatic carbocycles. The van der Waals surface area contributed by atoms with Crippen LogP contribution in [0.3, 0.4) is 0 Å². The lowest BCUT2D eigenvalue weighted by atomic mass is 10.00. The van der Waals surface area contributed by atoms with Crippen LogP contribution >= 0.6 is 11.3 Å². The van der Waals surface area contributed by atoms with Gasteiger partial charge in [0.1, 0.15) is 0 Å². The Labute approximate surface area is 129 Å². The second-order valence-electron chi connectivity index (χ2n) is 6.22. The minimum absolute atomic E-state index is 0.163. The topological polar surface area (TPSA) is 17.1 Å². The number of rotatable bonds is 2. The average Bonchev–Trinajstić information content (AvgIpc) is 2.46. The van der Waals surface area contributed by atoms with Gasteiger partial charge in [-0.2, -0.15) is 0 Å². The molecule has 0 aliphatic rings. The molecule has 0 amide bonds. The third kappa shape index (κ3) is 2.38. The molecule has 0 unspecified atom stereocenters. The number of hydrogen-bond donors (Lipinski definition) is 0. The molecule has 1 nitrogen and oxygen atoms in total. The van der Waals surface area contributed by atoms with Crippen molar-refractivity contribution in [1.29, 1.82) is 0 Å². The van der Waals surface area contributed by atoms with Crippen LogP contribution in [-0.4, -0.2) is 0 Å². The van der Waals surface area contributed by atoms with Crippen LogP contribution in [0.5, 0.6) is 0 Å². The van der Waals surface area contributed by atoms with Gasteiger partial charge in [-0.05, 0) is 41.2 Å². The first kappa shape index (κ1) is 14.3. The van der Waals surface area contributed by atoms with E-state index in [-0.39, 0.29) is 5.43 Å². The summed E-state index contributed by atoms with van der Waals surface area (Å²) in [5, 5.41) is 1.70. The van der Waals surface area contributed by atoms with Gasteiger partial charge in [0.15, 0.2) is 5.43 Å². The molecule has 0 bridgehead atoms. The molecule has 0 aliphatic heterocycles. The van der Waals surface area contributed by atoms with Crippen molar-refractivity contribution in [3.63, 3.8) is 0 Å². The molecule has 108 valence electrons. The lowest BCUT2D eigenvalue weighted by Crippen LogP contribution is -2.03. The van der Waals surface area contributed by atoms with E-state index in [4.69, 9.17) is 0 Å². The molecule has 3 aromatic rings. The first-order valence-electron chi connectivity index (χ1n) is 7.48. The molecular weight excluding hydrogens is 276 g/mol. The summed E-state index contributed by atoms with van der Waals surface area (Å²) in [5.41, 5.74) is 2.72. The fraction of sp³-hybridized carbons (Fsp3) is 0.316. The van der Waals surface area contributed by atoms with Crippen LogP contribution in [0.25, 0.3) is 20.2 Å². The molecule has 0 saturated carbocycles. The van der Waals surface area contributed by atoms with Crippen LogP contribution in [0.2, 0.25) is 0 Å². The van der Waals surface area contributed by atoms with E-state index in [0.717, 1.165) is 20.2 Å². The maximum Gasteiger partial charge on any atom is 0.195 e. The fourth-order valence-corrected chi connectivity index (χ4v) is 4.11. The summed E-state index contributed by atoms with van der Waals surface area (Å²) in [6.07, 6.45) is 0. The average molecular weight is 296 g/mol. The van der Waals surface area contributed by atoms with E-state index in [1.54, 1.807) is 11.3 Å². The molecule has 1 heterocycles. The Balaban J connectivity index is 2.44. The molecule has 0 saturated heterocycles. The summed E-state index contributed by atoms with van der Waals surface area (Å²) >= 11 is 1.75. The van der Waals surface area contributed by atoms with Gasteiger partial charge >= 0.3 is 0 Å². The third-order valence-electron chi connectivity index (χ3n) is 4.04. The second-order valence-corrected chi connectivity index (χ2v) is 7.27. The molecule has 3 rings (SSSR count). The van der Waals surface area contributed by atoms with E-state index in [1.807, 2.05) is 18.2 Å². The Hall–Kier alpha value is -1.67. The standard InChI is InChI=1S/C19H20OS/c1-11(2)13-8-9-15-17(10-13)21-19-14(12(3)4)6-5-7-16(19)18(15)20/h5-12H,1-4H3. The molecule has 2 heteroatoms. The van der Waals surface area contributed by atoms with E-state index in [1.165, 1.54) is 11.1 Å². The maximum atomic E-state index is 12.8. The number of benzene rings is 2. The summed E-state index contributed by atoms with van der Waals surface area (Å²) < 4.78 is 2.25. The highest BCUT2D eigenvalue weighted by Gasteiger charge is 2.12. The predicted molar refractivity (Wildman–Crippen MR) is 93.8 cm³/mol. The Kier molecular flexibility index (Phi) is 3.58. The zero-order valence-corrected chi connectivity index (χ0v) is 13.8. The zero-order chi connectivity index (χ0) is 15.1. The fourth-order valence-electron chi connectivity index (χ4n) is 2.73. The van der Waals surface area contributed by atoms with E-state index in [2.05, 4.69) is 45.9 Å². The van der Waals surface area contributed by atoms with Crippen molar-refractivity contribution in [3.8, 4) is 0 Å². The van der Waals surface area contributed by atoms with Gasteiger partial charge in [-0.3, -0.25) is 4.79 Å². The molecular formula is C19H20OS.